The highest BCUT2D eigenvalue weighted by atomic mass is 19.1. The molecule has 0 spiro atoms. The maximum absolute atomic E-state index is 15.1. The number of nitrogen functional groups attached to an aromatic ring is 1. The number of benzene rings is 2. The van der Waals surface area contributed by atoms with Crippen molar-refractivity contribution < 1.29 is 4.39 Å². The van der Waals surface area contributed by atoms with Crippen LogP contribution in [0.5, 0.6) is 0 Å². The zero-order valence-corrected chi connectivity index (χ0v) is 22.3. The van der Waals surface area contributed by atoms with Gasteiger partial charge in [-0.25, -0.2) is 4.98 Å². The van der Waals surface area contributed by atoms with Gasteiger partial charge >= 0.3 is 0 Å². The Balaban J connectivity index is 1.71. The molecule has 0 bridgehead atoms. The molecule has 1 aliphatic rings. The molecule has 1 aliphatic heterocycles. The molecular formula is C31H39FN4. The summed E-state index contributed by atoms with van der Waals surface area (Å²) < 4.78 is 15.1. The predicted molar refractivity (Wildman–Crippen MR) is 151 cm³/mol. The monoisotopic (exact) mass is 486 g/mol. The number of nitrogens with one attached hydrogen (secondary N) is 1. The smallest absolute Gasteiger partial charge is 0.222 e. The molecule has 3 aromatic rings. The number of hydrogen-bond acceptors (Lipinski definition) is 4. The van der Waals surface area contributed by atoms with Crippen LogP contribution in [0.4, 0.5) is 10.2 Å². The second-order valence-corrected chi connectivity index (χ2v) is 10.6. The van der Waals surface area contributed by atoms with E-state index in [1.165, 1.54) is 11.1 Å². The number of aromatic nitrogens is 1. The lowest BCUT2D eigenvalue weighted by molar-refractivity contribution is 0.260. The number of anilines is 1. The first-order valence-electron chi connectivity index (χ1n) is 12.9. The second-order valence-electron chi connectivity index (χ2n) is 10.6. The lowest BCUT2D eigenvalue weighted by Crippen LogP contribution is -2.32. The minimum absolute atomic E-state index is 0.111. The van der Waals surface area contributed by atoms with Crippen molar-refractivity contribution in [1.82, 2.24) is 15.2 Å². The van der Waals surface area contributed by atoms with E-state index in [0.717, 1.165) is 60.3 Å². The van der Waals surface area contributed by atoms with Gasteiger partial charge in [0.25, 0.3) is 0 Å². The van der Waals surface area contributed by atoms with Crippen LogP contribution in [0, 0.1) is 12.9 Å². The summed E-state index contributed by atoms with van der Waals surface area (Å²) in [6, 6.07) is 15.0. The SMILES string of the molecule is C=Cc1cc(C)c(-c2cc(-c3ccc(C4(C)CCN(C(C)C)C4)cc3)c(F)nc2N)cc1CCNC. The summed E-state index contributed by atoms with van der Waals surface area (Å²) in [5, 5.41) is 3.20. The molecule has 36 heavy (non-hydrogen) atoms. The van der Waals surface area contributed by atoms with E-state index < -0.39 is 5.95 Å². The van der Waals surface area contributed by atoms with Crippen LogP contribution in [0.15, 0.2) is 49.0 Å². The summed E-state index contributed by atoms with van der Waals surface area (Å²) >= 11 is 0. The number of nitrogens with two attached hydrogens (primary N) is 1. The molecule has 4 rings (SSSR count). The van der Waals surface area contributed by atoms with Crippen molar-refractivity contribution in [3.8, 4) is 22.3 Å². The van der Waals surface area contributed by atoms with Crippen LogP contribution >= 0.6 is 0 Å². The van der Waals surface area contributed by atoms with Crippen molar-refractivity contribution >= 4 is 11.9 Å². The van der Waals surface area contributed by atoms with E-state index in [2.05, 4.69) is 66.8 Å². The minimum atomic E-state index is -0.544. The highest BCUT2D eigenvalue weighted by molar-refractivity contribution is 5.82. The Bertz CT molecular complexity index is 1250. The van der Waals surface area contributed by atoms with E-state index >= 15 is 4.39 Å². The fourth-order valence-electron chi connectivity index (χ4n) is 5.38. The third-order valence-electron chi connectivity index (χ3n) is 7.77. The van der Waals surface area contributed by atoms with Gasteiger partial charge in [-0.3, -0.25) is 0 Å². The van der Waals surface area contributed by atoms with Crippen molar-refractivity contribution in [2.75, 3.05) is 32.4 Å². The number of hydrogen-bond donors (Lipinski definition) is 2. The van der Waals surface area contributed by atoms with Gasteiger partial charge in [-0.15, -0.1) is 0 Å². The molecule has 1 saturated heterocycles. The van der Waals surface area contributed by atoms with Gasteiger partial charge in [0.2, 0.25) is 5.95 Å². The molecule has 0 aliphatic carbocycles. The van der Waals surface area contributed by atoms with Crippen LogP contribution < -0.4 is 11.1 Å². The van der Waals surface area contributed by atoms with Gasteiger partial charge in [0.05, 0.1) is 0 Å². The lowest BCUT2D eigenvalue weighted by Gasteiger charge is -2.27. The van der Waals surface area contributed by atoms with Crippen molar-refractivity contribution in [1.29, 1.82) is 0 Å². The topological polar surface area (TPSA) is 54.2 Å². The van der Waals surface area contributed by atoms with Gasteiger partial charge in [0.15, 0.2) is 0 Å². The molecule has 5 heteroatoms. The number of halogens is 1. The number of aryl methyl sites for hydroxylation is 1. The van der Waals surface area contributed by atoms with E-state index in [4.69, 9.17) is 5.73 Å². The molecule has 190 valence electrons. The van der Waals surface area contributed by atoms with Crippen LogP contribution in [0.2, 0.25) is 0 Å². The van der Waals surface area contributed by atoms with Gasteiger partial charge in [0.1, 0.15) is 5.82 Å². The van der Waals surface area contributed by atoms with Crippen molar-refractivity contribution in [2.24, 2.45) is 0 Å². The minimum Gasteiger partial charge on any atom is -0.383 e. The van der Waals surface area contributed by atoms with Crippen LogP contribution in [0.3, 0.4) is 0 Å². The van der Waals surface area contributed by atoms with E-state index in [1.54, 1.807) is 0 Å². The highest BCUT2D eigenvalue weighted by Gasteiger charge is 2.36. The molecule has 4 nitrogen and oxygen atoms in total. The largest absolute Gasteiger partial charge is 0.383 e. The molecule has 2 aromatic carbocycles. The fraction of sp³-hybridized carbons (Fsp3) is 0.387. The van der Waals surface area contributed by atoms with E-state index in [-0.39, 0.29) is 11.2 Å². The van der Waals surface area contributed by atoms with Crippen LogP contribution in [0.1, 0.15) is 49.4 Å². The van der Waals surface area contributed by atoms with Crippen molar-refractivity contribution in [3.05, 3.63) is 77.2 Å². The molecule has 1 unspecified atom stereocenters. The first-order valence-corrected chi connectivity index (χ1v) is 12.9. The lowest BCUT2D eigenvalue weighted by atomic mass is 9.81. The quantitative estimate of drug-likeness (QED) is 0.371. The molecule has 2 heterocycles. The van der Waals surface area contributed by atoms with Gasteiger partial charge in [0, 0.05) is 29.1 Å². The Morgan fingerprint density at radius 3 is 2.50 bits per heavy atom. The molecule has 0 radical (unpaired) electrons. The second kappa shape index (κ2) is 10.5. The zero-order valence-electron chi connectivity index (χ0n) is 22.3. The van der Waals surface area contributed by atoms with Crippen LogP contribution in [-0.4, -0.2) is 42.6 Å². The summed E-state index contributed by atoms with van der Waals surface area (Å²) in [6.07, 6.45) is 3.87. The average molecular weight is 487 g/mol. The van der Waals surface area contributed by atoms with Gasteiger partial charge in [-0.2, -0.15) is 4.39 Å². The van der Waals surface area contributed by atoms with Crippen molar-refractivity contribution in [3.63, 3.8) is 0 Å². The fourth-order valence-corrected chi connectivity index (χ4v) is 5.38. The molecule has 0 saturated carbocycles. The van der Waals surface area contributed by atoms with Gasteiger partial charge in [-0.05, 0) is 93.2 Å². The molecule has 1 aromatic heterocycles. The number of likely N-dealkylation sites (N-methyl/N-ethyl adjacent to an activating group) is 1. The zero-order chi connectivity index (χ0) is 26.0. The third kappa shape index (κ3) is 5.09. The average Bonchev–Trinajstić information content (AvgIpc) is 3.27. The number of nitrogens with zero attached hydrogens (tertiary/aromatic N) is 2. The molecule has 1 fully saturated rings. The normalized spacial score (nSPS) is 18.2. The van der Waals surface area contributed by atoms with E-state index in [0.29, 0.717) is 11.6 Å². The standard InChI is InChI=1S/C31H39FN4/c1-7-22-16-21(4)26(17-24(22)12-14-34-6)28-18-27(29(32)35-30(28)33)23-8-10-25(11-9-23)31(5)13-15-36(19-31)20(2)3/h7-11,16-18,20,34H,1,12-15,19H2,2-6H3,(H2,33,35). The maximum atomic E-state index is 15.1. The number of likely N-dealkylation sites (tertiary alicyclic amines) is 1. The summed E-state index contributed by atoms with van der Waals surface area (Å²) in [5.74, 6) is -0.341. The predicted octanol–water partition coefficient (Wildman–Crippen LogP) is 6.22. The maximum Gasteiger partial charge on any atom is 0.222 e. The van der Waals surface area contributed by atoms with Crippen LogP contribution in [0.25, 0.3) is 28.3 Å². The highest BCUT2D eigenvalue weighted by Crippen LogP contribution is 2.38. The summed E-state index contributed by atoms with van der Waals surface area (Å²) in [4.78, 5) is 6.64. The third-order valence-corrected chi connectivity index (χ3v) is 7.77. The molecule has 1 atom stereocenters. The van der Waals surface area contributed by atoms with Crippen molar-refractivity contribution in [2.45, 2.75) is 52.0 Å². The Labute approximate surface area is 215 Å². The molecule has 0 amide bonds. The molecule has 3 N–H and O–H groups in total. The van der Waals surface area contributed by atoms with E-state index in [1.807, 2.05) is 38.2 Å². The van der Waals surface area contributed by atoms with Gasteiger partial charge < -0.3 is 16.0 Å². The van der Waals surface area contributed by atoms with Crippen LogP contribution in [-0.2, 0) is 11.8 Å². The van der Waals surface area contributed by atoms with E-state index in [9.17, 15) is 0 Å². The summed E-state index contributed by atoms with van der Waals surface area (Å²) in [6.45, 7) is 15.8. The van der Waals surface area contributed by atoms with Gasteiger partial charge in [-0.1, -0.05) is 56.0 Å². The summed E-state index contributed by atoms with van der Waals surface area (Å²) in [7, 11) is 1.94. The Morgan fingerprint density at radius 1 is 1.17 bits per heavy atom. The number of pyridine rings is 1. The molecular weight excluding hydrogens is 447 g/mol. The first-order chi connectivity index (χ1) is 17.2. The Hall–Kier alpha value is -3.02. The summed E-state index contributed by atoms with van der Waals surface area (Å²) in [5.41, 5.74) is 14.0. The Morgan fingerprint density at radius 2 is 1.89 bits per heavy atom. The first kappa shape index (κ1) is 26.1. The number of rotatable bonds is 8. The Kier molecular flexibility index (Phi) is 7.62.